The van der Waals surface area contributed by atoms with E-state index in [0.717, 1.165) is 11.1 Å². The number of ether oxygens (including phenoxy) is 1. The van der Waals surface area contributed by atoms with Crippen molar-refractivity contribution >= 4 is 20.0 Å². The number of rotatable bonds is 7. The van der Waals surface area contributed by atoms with E-state index in [9.17, 15) is 21.2 Å². The Labute approximate surface area is 194 Å². The zero-order valence-corrected chi connectivity index (χ0v) is 19.8. The van der Waals surface area contributed by atoms with Crippen molar-refractivity contribution in [2.24, 2.45) is 5.73 Å². The Morgan fingerprint density at radius 3 is 2.45 bits per heavy atom. The zero-order valence-electron chi connectivity index (χ0n) is 18.1. The Balaban J connectivity index is 1.55. The molecule has 2 N–H and O–H groups in total. The van der Waals surface area contributed by atoms with Crippen LogP contribution in [0, 0.1) is 5.82 Å². The third kappa shape index (κ3) is 5.55. The molecule has 8 nitrogen and oxygen atoms in total. The predicted molar refractivity (Wildman–Crippen MR) is 123 cm³/mol. The summed E-state index contributed by atoms with van der Waals surface area (Å²) in [4.78, 5) is 0. The molecule has 2 aliphatic heterocycles. The molecule has 4 rings (SSSR count). The molecular weight excluding hydrogens is 469 g/mol. The zero-order chi connectivity index (χ0) is 23.6. The largest absolute Gasteiger partial charge is 0.492 e. The summed E-state index contributed by atoms with van der Waals surface area (Å²) in [5.41, 5.74) is 7.45. The Kier molecular flexibility index (Phi) is 7.06. The summed E-state index contributed by atoms with van der Waals surface area (Å²) in [5.74, 6) is -0.249. The maximum Gasteiger partial charge on any atom is 0.282 e. The van der Waals surface area contributed by atoms with Gasteiger partial charge >= 0.3 is 0 Å². The van der Waals surface area contributed by atoms with Crippen molar-refractivity contribution in [2.45, 2.75) is 24.9 Å². The number of halogens is 1. The second-order valence-corrected chi connectivity index (χ2v) is 12.6. The third-order valence-corrected chi connectivity index (χ3v) is 9.87. The third-order valence-electron chi connectivity index (χ3n) is 6.21. The second-order valence-electron chi connectivity index (χ2n) is 8.43. The van der Waals surface area contributed by atoms with Crippen molar-refractivity contribution in [1.82, 2.24) is 8.61 Å². The smallest absolute Gasteiger partial charge is 0.282 e. The van der Waals surface area contributed by atoms with E-state index >= 15 is 0 Å². The average molecular weight is 498 g/mol. The molecular formula is C22H28FN3O5S2. The number of benzene rings is 2. The van der Waals surface area contributed by atoms with Crippen LogP contribution in [0.1, 0.15) is 23.5 Å². The fourth-order valence-electron chi connectivity index (χ4n) is 4.33. The molecule has 2 atom stereocenters. The van der Waals surface area contributed by atoms with Gasteiger partial charge in [0.1, 0.15) is 18.2 Å². The summed E-state index contributed by atoms with van der Waals surface area (Å²) in [6.07, 6.45) is 0.508. The molecule has 0 saturated carbocycles. The first kappa shape index (κ1) is 24.1. The molecule has 33 heavy (non-hydrogen) atoms. The molecule has 2 aliphatic rings. The molecule has 0 amide bonds. The lowest BCUT2D eigenvalue weighted by atomic mass is 9.96. The highest BCUT2D eigenvalue weighted by Gasteiger charge is 2.44. The van der Waals surface area contributed by atoms with Crippen molar-refractivity contribution in [3.05, 3.63) is 65.5 Å². The van der Waals surface area contributed by atoms with Gasteiger partial charge in [0.15, 0.2) is 9.84 Å². The minimum absolute atomic E-state index is 0.0610. The molecule has 2 saturated heterocycles. The second kappa shape index (κ2) is 9.67. The molecule has 0 bridgehead atoms. The minimum atomic E-state index is -3.90. The van der Waals surface area contributed by atoms with Crippen LogP contribution >= 0.6 is 0 Å². The molecule has 0 radical (unpaired) electrons. The molecule has 2 unspecified atom stereocenters. The Morgan fingerprint density at radius 2 is 1.79 bits per heavy atom. The highest BCUT2D eigenvalue weighted by Crippen LogP contribution is 2.35. The van der Waals surface area contributed by atoms with E-state index in [1.165, 1.54) is 20.7 Å². The van der Waals surface area contributed by atoms with Gasteiger partial charge in [-0.3, -0.25) is 0 Å². The van der Waals surface area contributed by atoms with Crippen LogP contribution in [0.2, 0.25) is 0 Å². The fourth-order valence-corrected chi connectivity index (χ4v) is 7.59. The van der Waals surface area contributed by atoms with Crippen molar-refractivity contribution in [1.29, 1.82) is 0 Å². The van der Waals surface area contributed by atoms with Crippen molar-refractivity contribution < 1.29 is 26.0 Å². The highest BCUT2D eigenvalue weighted by atomic mass is 32.2. The van der Waals surface area contributed by atoms with E-state index in [2.05, 4.69) is 0 Å². The first-order valence-corrected chi connectivity index (χ1v) is 14.0. The standard InChI is InChI=1S/C22H28FN3O5S2/c23-20-6-4-18(5-7-20)19-13-21(16-31-22-3-1-2-17(12-22)14-24)26(15-19)33(29,30)25-8-10-32(27,28)11-9-25/h1-7,12,19,21H,8-11,13-16,24H2. The van der Waals surface area contributed by atoms with E-state index in [-0.39, 0.29) is 49.5 Å². The van der Waals surface area contributed by atoms with Crippen molar-refractivity contribution in [3.8, 4) is 5.75 Å². The van der Waals surface area contributed by atoms with Gasteiger partial charge in [-0.05, 0) is 47.7 Å². The number of hydrogen-bond acceptors (Lipinski definition) is 6. The summed E-state index contributed by atoms with van der Waals surface area (Å²) < 4.78 is 72.5. The normalized spacial score (nSPS) is 24.1. The lowest BCUT2D eigenvalue weighted by molar-refractivity contribution is 0.224. The van der Waals surface area contributed by atoms with Crippen LogP contribution in [-0.4, -0.2) is 69.2 Å². The summed E-state index contributed by atoms with van der Waals surface area (Å²) >= 11 is 0. The fraction of sp³-hybridized carbons (Fsp3) is 0.455. The highest BCUT2D eigenvalue weighted by molar-refractivity contribution is 7.91. The minimum Gasteiger partial charge on any atom is -0.492 e. The Bertz CT molecular complexity index is 1170. The van der Waals surface area contributed by atoms with Gasteiger partial charge in [-0.2, -0.15) is 17.0 Å². The maximum absolute atomic E-state index is 13.5. The molecule has 0 aromatic heterocycles. The molecule has 2 aromatic carbocycles. The van der Waals surface area contributed by atoms with Crippen LogP contribution in [0.5, 0.6) is 5.75 Å². The van der Waals surface area contributed by atoms with Crippen LogP contribution in [0.4, 0.5) is 4.39 Å². The van der Waals surface area contributed by atoms with Gasteiger partial charge in [0.25, 0.3) is 10.2 Å². The molecule has 11 heteroatoms. The van der Waals surface area contributed by atoms with Gasteiger partial charge in [0, 0.05) is 26.2 Å². The van der Waals surface area contributed by atoms with Crippen molar-refractivity contribution in [3.63, 3.8) is 0 Å². The molecule has 180 valence electrons. The van der Waals surface area contributed by atoms with Gasteiger partial charge < -0.3 is 10.5 Å². The van der Waals surface area contributed by atoms with Crippen LogP contribution in [-0.2, 0) is 26.6 Å². The monoisotopic (exact) mass is 497 g/mol. The van der Waals surface area contributed by atoms with Gasteiger partial charge in [-0.25, -0.2) is 12.8 Å². The number of nitrogens with zero attached hydrogens (tertiary/aromatic N) is 2. The lowest BCUT2D eigenvalue weighted by Crippen LogP contribution is -2.52. The van der Waals surface area contributed by atoms with E-state index in [1.807, 2.05) is 18.2 Å². The molecule has 2 aromatic rings. The number of sulfone groups is 1. The van der Waals surface area contributed by atoms with Crippen LogP contribution in [0.15, 0.2) is 48.5 Å². The van der Waals surface area contributed by atoms with E-state index in [4.69, 9.17) is 10.5 Å². The van der Waals surface area contributed by atoms with Crippen LogP contribution in [0.25, 0.3) is 0 Å². The molecule has 2 heterocycles. The Hall–Kier alpha value is -2.05. The SMILES string of the molecule is NCc1cccc(OCC2CC(c3ccc(F)cc3)CN2S(=O)(=O)N2CCS(=O)(=O)CC2)c1. The molecule has 2 fully saturated rings. The summed E-state index contributed by atoms with van der Waals surface area (Å²) in [6.45, 7) is 0.597. The number of nitrogens with two attached hydrogens (primary N) is 1. The van der Waals surface area contributed by atoms with Crippen molar-refractivity contribution in [2.75, 3.05) is 37.7 Å². The molecule has 0 spiro atoms. The summed E-state index contributed by atoms with van der Waals surface area (Å²) in [5, 5.41) is 0. The Morgan fingerprint density at radius 1 is 1.09 bits per heavy atom. The maximum atomic E-state index is 13.5. The topological polar surface area (TPSA) is 110 Å². The van der Waals surface area contributed by atoms with E-state index < -0.39 is 26.1 Å². The van der Waals surface area contributed by atoms with Crippen LogP contribution in [0.3, 0.4) is 0 Å². The quantitative estimate of drug-likeness (QED) is 0.621. The van der Waals surface area contributed by atoms with E-state index in [0.29, 0.717) is 18.7 Å². The molecule has 0 aliphatic carbocycles. The van der Waals surface area contributed by atoms with Gasteiger partial charge in [0.05, 0.1) is 17.5 Å². The van der Waals surface area contributed by atoms with Crippen LogP contribution < -0.4 is 10.5 Å². The first-order valence-electron chi connectivity index (χ1n) is 10.8. The van der Waals surface area contributed by atoms with Gasteiger partial charge in [-0.1, -0.05) is 24.3 Å². The van der Waals surface area contributed by atoms with E-state index in [1.54, 1.807) is 18.2 Å². The summed E-state index contributed by atoms with van der Waals surface area (Å²) in [7, 11) is -7.12. The lowest BCUT2D eigenvalue weighted by Gasteiger charge is -2.32. The number of hydrogen-bond donors (Lipinski definition) is 1. The van der Waals surface area contributed by atoms with Gasteiger partial charge in [0.2, 0.25) is 0 Å². The summed E-state index contributed by atoms with van der Waals surface area (Å²) in [6, 6.07) is 13.0. The van der Waals surface area contributed by atoms with Gasteiger partial charge in [-0.15, -0.1) is 0 Å². The predicted octanol–water partition coefficient (Wildman–Crippen LogP) is 1.50. The first-order chi connectivity index (χ1) is 15.7. The average Bonchev–Trinajstić information content (AvgIpc) is 3.23.